The molecule has 33 heavy (non-hydrogen) atoms. The third-order valence-electron chi connectivity index (χ3n) is 5.61. The Balaban J connectivity index is 1.51. The Labute approximate surface area is 213 Å². The van der Waals surface area contributed by atoms with Crippen molar-refractivity contribution in [2.24, 2.45) is 5.10 Å². The van der Waals surface area contributed by atoms with Gasteiger partial charge in [-0.05, 0) is 74.5 Å². The summed E-state index contributed by atoms with van der Waals surface area (Å²) in [4.78, 5) is 1.22. The van der Waals surface area contributed by atoms with Gasteiger partial charge in [0.1, 0.15) is 5.75 Å². The SMILES string of the molecule is CSc1ccc(-c2nn(-c3ccccc3)cc2C2CC(c3cc(Br)c(O)c(Br)c3)=NN2)cc1. The molecule has 1 atom stereocenters. The number of halogens is 2. The van der Waals surface area contributed by atoms with E-state index in [0.29, 0.717) is 15.4 Å². The summed E-state index contributed by atoms with van der Waals surface area (Å²) in [5.41, 5.74) is 9.30. The molecular formula is C25H20Br2N4OS. The second-order valence-electron chi connectivity index (χ2n) is 7.67. The molecule has 5 nitrogen and oxygen atoms in total. The van der Waals surface area contributed by atoms with Gasteiger partial charge in [0.25, 0.3) is 0 Å². The van der Waals surface area contributed by atoms with E-state index in [9.17, 15) is 5.11 Å². The molecule has 1 aliphatic rings. The number of rotatable bonds is 5. The summed E-state index contributed by atoms with van der Waals surface area (Å²) < 4.78 is 3.19. The van der Waals surface area contributed by atoms with Crippen molar-refractivity contribution in [3.8, 4) is 22.7 Å². The van der Waals surface area contributed by atoms with Crippen LogP contribution in [0.5, 0.6) is 5.75 Å². The highest BCUT2D eigenvalue weighted by molar-refractivity contribution is 9.11. The van der Waals surface area contributed by atoms with Gasteiger partial charge in [-0.25, -0.2) is 4.68 Å². The van der Waals surface area contributed by atoms with Crippen LogP contribution in [0.4, 0.5) is 0 Å². The topological polar surface area (TPSA) is 62.4 Å². The zero-order valence-corrected chi connectivity index (χ0v) is 21.7. The largest absolute Gasteiger partial charge is 0.506 e. The molecule has 3 aromatic carbocycles. The van der Waals surface area contributed by atoms with Crippen LogP contribution in [-0.4, -0.2) is 26.9 Å². The molecule has 0 saturated carbocycles. The Hall–Kier alpha value is -2.55. The fourth-order valence-electron chi connectivity index (χ4n) is 3.86. The van der Waals surface area contributed by atoms with Crippen LogP contribution in [-0.2, 0) is 0 Å². The van der Waals surface area contributed by atoms with Crippen molar-refractivity contribution in [3.63, 3.8) is 0 Å². The zero-order chi connectivity index (χ0) is 22.9. The Bertz CT molecular complexity index is 1310. The highest BCUT2D eigenvalue weighted by Gasteiger charge is 2.27. The Morgan fingerprint density at radius 2 is 1.70 bits per heavy atom. The number of phenols is 1. The Morgan fingerprint density at radius 1 is 1.00 bits per heavy atom. The summed E-state index contributed by atoms with van der Waals surface area (Å²) in [6.07, 6.45) is 4.87. The van der Waals surface area contributed by atoms with Crippen LogP contribution in [0.15, 0.2) is 91.9 Å². The molecular weight excluding hydrogens is 564 g/mol. The number of hydrogen-bond donors (Lipinski definition) is 2. The van der Waals surface area contributed by atoms with Gasteiger partial charge in [0, 0.05) is 34.2 Å². The third kappa shape index (κ3) is 4.47. The number of benzene rings is 3. The second-order valence-corrected chi connectivity index (χ2v) is 10.3. The summed E-state index contributed by atoms with van der Waals surface area (Å²) in [7, 11) is 0. The van der Waals surface area contributed by atoms with Crippen molar-refractivity contribution in [1.29, 1.82) is 0 Å². The van der Waals surface area contributed by atoms with Crippen LogP contribution in [0.2, 0.25) is 0 Å². The fourth-order valence-corrected chi connectivity index (χ4v) is 5.46. The third-order valence-corrected chi connectivity index (χ3v) is 7.56. The fraction of sp³-hybridized carbons (Fsp3) is 0.120. The van der Waals surface area contributed by atoms with E-state index < -0.39 is 0 Å². The number of para-hydroxylation sites is 1. The van der Waals surface area contributed by atoms with E-state index in [1.54, 1.807) is 11.8 Å². The number of nitrogens with one attached hydrogen (secondary N) is 1. The minimum Gasteiger partial charge on any atom is -0.506 e. The molecule has 2 heterocycles. The predicted octanol–water partition coefficient (Wildman–Crippen LogP) is 6.93. The first kappa shape index (κ1) is 22.3. The average molecular weight is 584 g/mol. The highest BCUT2D eigenvalue weighted by Crippen LogP contribution is 2.37. The van der Waals surface area contributed by atoms with Crippen molar-refractivity contribution in [1.82, 2.24) is 15.2 Å². The summed E-state index contributed by atoms with van der Waals surface area (Å²) >= 11 is 8.56. The monoisotopic (exact) mass is 582 g/mol. The first-order valence-corrected chi connectivity index (χ1v) is 13.1. The van der Waals surface area contributed by atoms with Gasteiger partial charge in [0.05, 0.1) is 32.1 Å². The molecule has 5 rings (SSSR count). The van der Waals surface area contributed by atoms with E-state index in [-0.39, 0.29) is 11.8 Å². The molecule has 166 valence electrons. The van der Waals surface area contributed by atoms with Crippen molar-refractivity contribution in [2.45, 2.75) is 17.4 Å². The standard InChI is InChI=1S/C25H20Br2N4OS/c1-33-18-9-7-15(8-10-18)24-19(14-31(30-24)17-5-3-2-4-6-17)23-13-22(28-29-23)16-11-20(26)25(32)21(27)12-16/h2-12,14,23,29,32H,13H2,1H3. The normalized spacial score (nSPS) is 15.4. The molecule has 0 amide bonds. The predicted molar refractivity (Wildman–Crippen MR) is 141 cm³/mol. The Kier molecular flexibility index (Phi) is 6.32. The van der Waals surface area contributed by atoms with Crippen LogP contribution in [0.25, 0.3) is 16.9 Å². The molecule has 0 aliphatic carbocycles. The molecule has 1 unspecified atom stereocenters. The van der Waals surface area contributed by atoms with Crippen molar-refractivity contribution < 1.29 is 5.11 Å². The van der Waals surface area contributed by atoms with E-state index in [0.717, 1.165) is 33.8 Å². The second kappa shape index (κ2) is 9.37. The van der Waals surface area contributed by atoms with Crippen molar-refractivity contribution in [3.05, 3.63) is 93.0 Å². The molecule has 0 radical (unpaired) electrons. The first-order chi connectivity index (χ1) is 16.0. The van der Waals surface area contributed by atoms with Crippen LogP contribution in [0.1, 0.15) is 23.6 Å². The van der Waals surface area contributed by atoms with Crippen LogP contribution >= 0.6 is 43.6 Å². The summed E-state index contributed by atoms with van der Waals surface area (Å²) in [6.45, 7) is 0. The van der Waals surface area contributed by atoms with Gasteiger partial charge in [-0.2, -0.15) is 10.2 Å². The molecule has 1 aromatic heterocycles. The average Bonchev–Trinajstić information content (AvgIpc) is 3.51. The smallest absolute Gasteiger partial charge is 0.143 e. The van der Waals surface area contributed by atoms with E-state index in [2.05, 4.69) is 79.1 Å². The van der Waals surface area contributed by atoms with Gasteiger partial charge in [0.2, 0.25) is 0 Å². The maximum absolute atomic E-state index is 10.1. The zero-order valence-electron chi connectivity index (χ0n) is 17.7. The lowest BCUT2D eigenvalue weighted by atomic mass is 9.97. The molecule has 4 aromatic rings. The molecule has 0 fully saturated rings. The van der Waals surface area contributed by atoms with E-state index in [1.807, 2.05) is 47.1 Å². The van der Waals surface area contributed by atoms with Crippen LogP contribution in [0, 0.1) is 0 Å². The number of hydrazone groups is 1. The molecule has 0 saturated heterocycles. The van der Waals surface area contributed by atoms with E-state index in [4.69, 9.17) is 5.10 Å². The number of thioether (sulfide) groups is 1. The van der Waals surface area contributed by atoms with Crippen LogP contribution in [0.3, 0.4) is 0 Å². The molecule has 8 heteroatoms. The van der Waals surface area contributed by atoms with Crippen molar-refractivity contribution in [2.75, 3.05) is 6.26 Å². The van der Waals surface area contributed by atoms with Gasteiger partial charge in [-0.3, -0.25) is 0 Å². The summed E-state index contributed by atoms with van der Waals surface area (Å²) in [6, 6.07) is 22.4. The number of phenolic OH excluding ortho intramolecular Hbond substituents is 1. The number of aromatic hydroxyl groups is 1. The molecule has 0 bridgehead atoms. The van der Waals surface area contributed by atoms with Gasteiger partial charge in [-0.15, -0.1) is 11.8 Å². The van der Waals surface area contributed by atoms with Crippen LogP contribution < -0.4 is 5.43 Å². The lowest BCUT2D eigenvalue weighted by Gasteiger charge is -2.11. The number of aromatic nitrogens is 2. The quantitative estimate of drug-likeness (QED) is 0.250. The van der Waals surface area contributed by atoms with Crippen molar-refractivity contribution >= 4 is 49.3 Å². The lowest BCUT2D eigenvalue weighted by molar-refractivity contribution is 0.468. The lowest BCUT2D eigenvalue weighted by Crippen LogP contribution is -2.10. The number of hydrogen-bond acceptors (Lipinski definition) is 5. The van der Waals surface area contributed by atoms with Gasteiger partial charge in [-0.1, -0.05) is 30.3 Å². The molecule has 2 N–H and O–H groups in total. The van der Waals surface area contributed by atoms with E-state index in [1.165, 1.54) is 4.90 Å². The summed E-state index contributed by atoms with van der Waals surface area (Å²) in [5, 5.41) is 19.6. The minimum absolute atomic E-state index is 0.0148. The molecule has 1 aliphatic heterocycles. The highest BCUT2D eigenvalue weighted by atomic mass is 79.9. The maximum atomic E-state index is 10.1. The van der Waals surface area contributed by atoms with Gasteiger partial charge < -0.3 is 10.5 Å². The number of nitrogens with zero attached hydrogens (tertiary/aromatic N) is 3. The first-order valence-electron chi connectivity index (χ1n) is 10.3. The maximum Gasteiger partial charge on any atom is 0.143 e. The molecule has 0 spiro atoms. The Morgan fingerprint density at radius 3 is 2.36 bits per heavy atom. The summed E-state index contributed by atoms with van der Waals surface area (Å²) in [5.74, 6) is 0.182. The van der Waals surface area contributed by atoms with Gasteiger partial charge in [0.15, 0.2) is 0 Å². The van der Waals surface area contributed by atoms with E-state index >= 15 is 0 Å². The minimum atomic E-state index is -0.0148. The van der Waals surface area contributed by atoms with Gasteiger partial charge >= 0.3 is 0 Å².